The number of likely N-dealkylation sites (N-methyl/N-ethyl adjacent to an activating group) is 1. The summed E-state index contributed by atoms with van der Waals surface area (Å²) >= 11 is 0. The van der Waals surface area contributed by atoms with E-state index in [0.29, 0.717) is 0 Å². The predicted octanol–water partition coefficient (Wildman–Crippen LogP) is 1.98. The van der Waals surface area contributed by atoms with Crippen LogP contribution in [0.3, 0.4) is 0 Å². The van der Waals surface area contributed by atoms with Crippen LogP contribution in [0.5, 0.6) is 0 Å². The number of nitrogens with zero attached hydrogens (tertiary/aromatic N) is 3. The van der Waals surface area contributed by atoms with Gasteiger partial charge in [0.25, 0.3) is 0 Å². The van der Waals surface area contributed by atoms with Crippen LogP contribution in [0.15, 0.2) is 12.4 Å². The van der Waals surface area contributed by atoms with Gasteiger partial charge in [-0.2, -0.15) is 5.10 Å². The predicted molar refractivity (Wildman–Crippen MR) is 70.7 cm³/mol. The lowest BCUT2D eigenvalue weighted by atomic mass is 9.89. The van der Waals surface area contributed by atoms with Gasteiger partial charge in [-0.05, 0) is 25.8 Å². The van der Waals surface area contributed by atoms with Crippen molar-refractivity contribution >= 4 is 5.69 Å². The van der Waals surface area contributed by atoms with Gasteiger partial charge in [0.2, 0.25) is 0 Å². The molecule has 1 aromatic heterocycles. The quantitative estimate of drug-likeness (QED) is 0.850. The molecule has 1 saturated carbocycles. The molecule has 1 aromatic rings. The Hall–Kier alpha value is -1.03. The molecule has 0 atom stereocenters. The third-order valence-electron chi connectivity index (χ3n) is 3.66. The Kier molecular flexibility index (Phi) is 4.42. The summed E-state index contributed by atoms with van der Waals surface area (Å²) in [6.07, 6.45) is 10.7. The standard InChI is InChI=1S/C13H24N4/c1-16(10-12-5-3-2-4-6-12)7-8-17-11-13(14)9-15-17/h9,11-12H,2-8,10,14H2,1H3. The Labute approximate surface area is 104 Å². The van der Waals surface area contributed by atoms with Gasteiger partial charge in [0.05, 0.1) is 18.4 Å². The van der Waals surface area contributed by atoms with Crippen LogP contribution in [0.25, 0.3) is 0 Å². The first kappa shape index (κ1) is 12.4. The molecular weight excluding hydrogens is 212 g/mol. The molecule has 0 aromatic carbocycles. The van der Waals surface area contributed by atoms with E-state index in [2.05, 4.69) is 17.0 Å². The first-order chi connectivity index (χ1) is 8.24. The zero-order chi connectivity index (χ0) is 12.1. The zero-order valence-corrected chi connectivity index (χ0v) is 10.8. The lowest BCUT2D eigenvalue weighted by molar-refractivity contribution is 0.225. The summed E-state index contributed by atoms with van der Waals surface area (Å²) in [6, 6.07) is 0. The average Bonchev–Trinajstić information content (AvgIpc) is 2.74. The summed E-state index contributed by atoms with van der Waals surface area (Å²) in [7, 11) is 2.21. The zero-order valence-electron chi connectivity index (χ0n) is 10.8. The van der Waals surface area contributed by atoms with Crippen LogP contribution in [0.1, 0.15) is 32.1 Å². The van der Waals surface area contributed by atoms with Gasteiger partial charge in [-0.1, -0.05) is 19.3 Å². The van der Waals surface area contributed by atoms with Crippen LogP contribution in [-0.2, 0) is 6.54 Å². The smallest absolute Gasteiger partial charge is 0.0719 e. The van der Waals surface area contributed by atoms with Crippen LogP contribution in [0.2, 0.25) is 0 Å². The van der Waals surface area contributed by atoms with Crippen LogP contribution < -0.4 is 5.73 Å². The molecule has 2 rings (SSSR count). The summed E-state index contributed by atoms with van der Waals surface area (Å²) in [5, 5.41) is 4.20. The van der Waals surface area contributed by atoms with E-state index in [1.165, 1.54) is 38.6 Å². The minimum atomic E-state index is 0.750. The van der Waals surface area contributed by atoms with E-state index < -0.39 is 0 Å². The molecule has 0 aliphatic heterocycles. The molecule has 1 fully saturated rings. The molecule has 0 radical (unpaired) electrons. The van der Waals surface area contributed by atoms with E-state index in [1.807, 2.05) is 10.9 Å². The maximum Gasteiger partial charge on any atom is 0.0719 e. The van der Waals surface area contributed by atoms with Gasteiger partial charge in [-0.3, -0.25) is 4.68 Å². The number of rotatable bonds is 5. The highest BCUT2D eigenvalue weighted by Crippen LogP contribution is 2.23. The maximum absolute atomic E-state index is 5.64. The summed E-state index contributed by atoms with van der Waals surface area (Å²) in [5.74, 6) is 0.913. The summed E-state index contributed by atoms with van der Waals surface area (Å²) in [5.41, 5.74) is 6.39. The number of aromatic nitrogens is 2. The van der Waals surface area contributed by atoms with Crippen LogP contribution in [0, 0.1) is 5.92 Å². The van der Waals surface area contributed by atoms with E-state index in [-0.39, 0.29) is 0 Å². The Morgan fingerprint density at radius 3 is 2.82 bits per heavy atom. The van der Waals surface area contributed by atoms with Crippen molar-refractivity contribution in [1.82, 2.24) is 14.7 Å². The SMILES string of the molecule is CN(CCn1cc(N)cn1)CC1CCCCC1. The molecule has 1 aliphatic carbocycles. The number of hydrogen-bond donors (Lipinski definition) is 1. The van der Waals surface area contributed by atoms with Gasteiger partial charge in [0.15, 0.2) is 0 Å². The Morgan fingerprint density at radius 1 is 1.41 bits per heavy atom. The fourth-order valence-electron chi connectivity index (χ4n) is 2.68. The third kappa shape index (κ3) is 4.04. The van der Waals surface area contributed by atoms with Crippen molar-refractivity contribution in [3.63, 3.8) is 0 Å². The van der Waals surface area contributed by atoms with Crippen molar-refractivity contribution in [2.45, 2.75) is 38.6 Å². The monoisotopic (exact) mass is 236 g/mol. The molecule has 0 unspecified atom stereocenters. The van der Waals surface area contributed by atoms with E-state index >= 15 is 0 Å². The van der Waals surface area contributed by atoms with Crippen molar-refractivity contribution in [2.24, 2.45) is 5.92 Å². The van der Waals surface area contributed by atoms with E-state index in [9.17, 15) is 0 Å². The fraction of sp³-hybridized carbons (Fsp3) is 0.769. The first-order valence-electron chi connectivity index (χ1n) is 6.70. The topological polar surface area (TPSA) is 47.1 Å². The number of nitrogens with two attached hydrogens (primary N) is 1. The Morgan fingerprint density at radius 2 is 2.18 bits per heavy atom. The second kappa shape index (κ2) is 6.05. The van der Waals surface area contributed by atoms with Gasteiger partial charge in [0.1, 0.15) is 0 Å². The molecule has 2 N–H and O–H groups in total. The highest BCUT2D eigenvalue weighted by Gasteiger charge is 2.15. The molecular formula is C13H24N4. The summed E-state index contributed by atoms with van der Waals surface area (Å²) in [4.78, 5) is 2.42. The molecule has 0 bridgehead atoms. The second-order valence-corrected chi connectivity index (χ2v) is 5.30. The molecule has 1 heterocycles. The number of anilines is 1. The average molecular weight is 236 g/mol. The van der Waals surface area contributed by atoms with E-state index in [1.54, 1.807) is 6.20 Å². The molecule has 0 amide bonds. The summed E-state index contributed by atoms with van der Waals surface area (Å²) < 4.78 is 1.92. The van der Waals surface area contributed by atoms with E-state index in [4.69, 9.17) is 5.73 Å². The van der Waals surface area contributed by atoms with Crippen LogP contribution in [-0.4, -0.2) is 34.8 Å². The van der Waals surface area contributed by atoms with Crippen molar-refractivity contribution in [1.29, 1.82) is 0 Å². The van der Waals surface area contributed by atoms with Gasteiger partial charge in [-0.25, -0.2) is 0 Å². The normalized spacial score (nSPS) is 17.8. The molecule has 17 heavy (non-hydrogen) atoms. The van der Waals surface area contributed by atoms with Gasteiger partial charge in [0, 0.05) is 19.3 Å². The van der Waals surface area contributed by atoms with Gasteiger partial charge in [-0.15, -0.1) is 0 Å². The highest BCUT2D eigenvalue weighted by molar-refractivity contribution is 5.30. The second-order valence-electron chi connectivity index (χ2n) is 5.30. The van der Waals surface area contributed by atoms with Crippen LogP contribution in [0.4, 0.5) is 5.69 Å². The minimum Gasteiger partial charge on any atom is -0.396 e. The fourth-order valence-corrected chi connectivity index (χ4v) is 2.68. The summed E-state index contributed by atoms with van der Waals surface area (Å²) in [6.45, 7) is 3.22. The highest BCUT2D eigenvalue weighted by atomic mass is 15.3. The molecule has 4 heteroatoms. The van der Waals surface area contributed by atoms with E-state index in [0.717, 1.165) is 24.7 Å². The minimum absolute atomic E-state index is 0.750. The van der Waals surface area contributed by atoms with Crippen LogP contribution >= 0.6 is 0 Å². The largest absolute Gasteiger partial charge is 0.396 e. The van der Waals surface area contributed by atoms with Crippen molar-refractivity contribution in [2.75, 3.05) is 25.9 Å². The molecule has 0 saturated heterocycles. The van der Waals surface area contributed by atoms with Gasteiger partial charge >= 0.3 is 0 Å². The molecule has 0 spiro atoms. The Balaban J connectivity index is 1.68. The molecule has 96 valence electrons. The first-order valence-corrected chi connectivity index (χ1v) is 6.70. The maximum atomic E-state index is 5.64. The van der Waals surface area contributed by atoms with Crippen molar-refractivity contribution in [3.8, 4) is 0 Å². The van der Waals surface area contributed by atoms with Gasteiger partial charge < -0.3 is 10.6 Å². The molecule has 1 aliphatic rings. The van der Waals surface area contributed by atoms with Crippen molar-refractivity contribution < 1.29 is 0 Å². The third-order valence-corrected chi connectivity index (χ3v) is 3.66. The lowest BCUT2D eigenvalue weighted by Crippen LogP contribution is -2.30. The lowest BCUT2D eigenvalue weighted by Gasteiger charge is -2.26. The van der Waals surface area contributed by atoms with Crippen molar-refractivity contribution in [3.05, 3.63) is 12.4 Å². The molecule has 4 nitrogen and oxygen atoms in total. The number of hydrogen-bond acceptors (Lipinski definition) is 3. The Bertz CT molecular complexity index is 328. The number of nitrogen functional groups attached to an aromatic ring is 1.